The molecule has 0 aromatic rings. The standard InChI is InChI=1S/C6H12.Ga.H/c1-3-5-6-4-2;;/h1-6H2;;. The number of hydrogen-bond acceptors (Lipinski definition) is 0. The van der Waals surface area contributed by atoms with E-state index in [1.54, 1.807) is 35.6 Å². The van der Waals surface area contributed by atoms with E-state index in [4.69, 9.17) is 0 Å². The predicted octanol–water partition coefficient (Wildman–Crippen LogP) is 1.83. The Morgan fingerprint density at radius 3 is 1.86 bits per heavy atom. The van der Waals surface area contributed by atoms with Gasteiger partial charge in [0.25, 0.3) is 0 Å². The topological polar surface area (TPSA) is 0 Å². The van der Waals surface area contributed by atoms with Crippen LogP contribution in [0.4, 0.5) is 0 Å². The molecule has 0 aromatic carbocycles. The molecule has 1 heterocycles. The van der Waals surface area contributed by atoms with Crippen LogP contribution in [0.1, 0.15) is 25.7 Å². The third kappa shape index (κ3) is 2.45. The number of rotatable bonds is 0. The first-order valence-corrected chi connectivity index (χ1v) is 7.70. The van der Waals surface area contributed by atoms with Crippen LogP contribution in [-0.2, 0) is 0 Å². The molecule has 1 rings (SSSR count). The second-order valence-corrected chi connectivity index (χ2v) is 6.93. The second kappa shape index (κ2) is 3.62. The van der Waals surface area contributed by atoms with Crippen molar-refractivity contribution in [2.24, 2.45) is 0 Å². The predicted molar refractivity (Wildman–Crippen MR) is 35.2 cm³/mol. The van der Waals surface area contributed by atoms with E-state index in [1.807, 2.05) is 0 Å². The van der Waals surface area contributed by atoms with Gasteiger partial charge in [-0.25, -0.2) is 0 Å². The van der Waals surface area contributed by atoms with Gasteiger partial charge in [-0.2, -0.15) is 0 Å². The Hall–Kier alpha value is 0.636. The molecule has 1 fully saturated rings. The molecule has 0 saturated carbocycles. The molecule has 0 unspecified atom stereocenters. The van der Waals surface area contributed by atoms with E-state index in [-0.39, 0.29) is 17.4 Å². The Balaban J connectivity index is 2.04. The van der Waals surface area contributed by atoms with Crippen LogP contribution in [0.25, 0.3) is 0 Å². The molecule has 1 saturated heterocycles. The van der Waals surface area contributed by atoms with Gasteiger partial charge < -0.3 is 0 Å². The van der Waals surface area contributed by atoms with Crippen LogP contribution < -0.4 is 0 Å². The van der Waals surface area contributed by atoms with Crippen LogP contribution in [0.3, 0.4) is 0 Å². The van der Waals surface area contributed by atoms with Crippen molar-refractivity contribution in [2.45, 2.75) is 35.6 Å². The van der Waals surface area contributed by atoms with Crippen LogP contribution in [0, 0.1) is 0 Å². The maximum absolute atomic E-state index is 1.69. The molecular weight excluding hydrogens is 142 g/mol. The summed E-state index contributed by atoms with van der Waals surface area (Å²) >= 11 is 0.115. The van der Waals surface area contributed by atoms with Crippen molar-refractivity contribution in [3.63, 3.8) is 0 Å². The molecule has 0 aromatic heterocycles. The van der Waals surface area contributed by atoms with Crippen molar-refractivity contribution >= 4 is 17.4 Å². The first kappa shape index (κ1) is 5.77. The molecule has 0 atom stereocenters. The minimum atomic E-state index is 0.115. The summed E-state index contributed by atoms with van der Waals surface area (Å²) in [5.41, 5.74) is 0. The molecule has 7 heavy (non-hydrogen) atoms. The molecule has 0 aliphatic carbocycles. The van der Waals surface area contributed by atoms with Gasteiger partial charge in [0.15, 0.2) is 0 Å². The second-order valence-electron chi connectivity index (χ2n) is 2.47. The Morgan fingerprint density at radius 1 is 0.714 bits per heavy atom. The molecule has 1 heteroatoms. The van der Waals surface area contributed by atoms with Gasteiger partial charge in [0.1, 0.15) is 0 Å². The Kier molecular flexibility index (Phi) is 2.98. The quantitative estimate of drug-likeness (QED) is 0.468. The molecule has 0 bridgehead atoms. The zero-order valence-electron chi connectivity index (χ0n) is 4.95. The van der Waals surface area contributed by atoms with Gasteiger partial charge in [0.05, 0.1) is 0 Å². The van der Waals surface area contributed by atoms with Crippen molar-refractivity contribution in [3.05, 3.63) is 0 Å². The summed E-state index contributed by atoms with van der Waals surface area (Å²) < 4.78 is 0. The maximum atomic E-state index is 1.69. The fourth-order valence-corrected chi connectivity index (χ4v) is 4.95. The molecule has 0 amide bonds. The van der Waals surface area contributed by atoms with Gasteiger partial charge >= 0.3 is 53.0 Å². The molecule has 1 aliphatic heterocycles. The van der Waals surface area contributed by atoms with E-state index in [2.05, 4.69) is 0 Å². The van der Waals surface area contributed by atoms with Crippen molar-refractivity contribution in [2.75, 3.05) is 0 Å². The van der Waals surface area contributed by atoms with E-state index in [0.717, 1.165) is 0 Å². The third-order valence-electron chi connectivity index (χ3n) is 1.75. The first-order chi connectivity index (χ1) is 3.50. The monoisotopic (exact) mass is 154 g/mol. The molecule has 1 aliphatic rings. The van der Waals surface area contributed by atoms with E-state index in [0.29, 0.717) is 0 Å². The summed E-state index contributed by atoms with van der Waals surface area (Å²) in [4.78, 5) is 3.38. The fourth-order valence-electron chi connectivity index (χ4n) is 1.24. The van der Waals surface area contributed by atoms with Crippen LogP contribution in [0.15, 0.2) is 0 Å². The van der Waals surface area contributed by atoms with Crippen molar-refractivity contribution in [3.8, 4) is 0 Å². The van der Waals surface area contributed by atoms with Crippen molar-refractivity contribution in [1.82, 2.24) is 0 Å². The van der Waals surface area contributed by atoms with Gasteiger partial charge in [-0.1, -0.05) is 0 Å². The van der Waals surface area contributed by atoms with Crippen molar-refractivity contribution < 1.29 is 0 Å². The summed E-state index contributed by atoms with van der Waals surface area (Å²) in [6.07, 6.45) is 6.26. The summed E-state index contributed by atoms with van der Waals surface area (Å²) in [7, 11) is 0. The van der Waals surface area contributed by atoms with Crippen LogP contribution >= 0.6 is 0 Å². The Labute approximate surface area is 53.5 Å². The summed E-state index contributed by atoms with van der Waals surface area (Å²) in [5.74, 6) is 0. The normalized spacial score (nSPS) is 22.9. The molecule has 0 N–H and O–H groups in total. The summed E-state index contributed by atoms with van der Waals surface area (Å²) in [6.45, 7) is 0. The van der Waals surface area contributed by atoms with Gasteiger partial charge in [-0.3, -0.25) is 0 Å². The van der Waals surface area contributed by atoms with Gasteiger partial charge in [-0.15, -0.1) is 0 Å². The Morgan fingerprint density at radius 2 is 1.29 bits per heavy atom. The number of hydrogen-bond donors (Lipinski definition) is 0. The van der Waals surface area contributed by atoms with Gasteiger partial charge in [0, 0.05) is 0 Å². The van der Waals surface area contributed by atoms with E-state index in [9.17, 15) is 0 Å². The minimum absolute atomic E-state index is 0.115. The molecule has 0 spiro atoms. The zero-order chi connectivity index (χ0) is 4.95. The van der Waals surface area contributed by atoms with Gasteiger partial charge in [0.2, 0.25) is 0 Å². The van der Waals surface area contributed by atoms with E-state index in [1.165, 1.54) is 0 Å². The molecular formula is C6H13Ga. The van der Waals surface area contributed by atoms with E-state index < -0.39 is 0 Å². The summed E-state index contributed by atoms with van der Waals surface area (Å²) in [6, 6.07) is 0. The molecule has 40 valence electrons. The zero-order valence-corrected chi connectivity index (χ0v) is 7.92. The van der Waals surface area contributed by atoms with Gasteiger partial charge in [-0.05, 0) is 0 Å². The fraction of sp³-hybridized carbons (Fsp3) is 1.00. The first-order valence-electron chi connectivity index (χ1n) is 3.50. The molecule has 0 nitrogen and oxygen atoms in total. The van der Waals surface area contributed by atoms with Crippen molar-refractivity contribution in [1.29, 1.82) is 0 Å². The van der Waals surface area contributed by atoms with Crippen LogP contribution in [0.5, 0.6) is 0 Å². The average Bonchev–Trinajstić information content (AvgIpc) is 1.90. The Bertz CT molecular complexity index is 23.8. The van der Waals surface area contributed by atoms with E-state index >= 15 is 0 Å². The van der Waals surface area contributed by atoms with Crippen LogP contribution in [-0.4, -0.2) is 17.4 Å². The molecule has 0 radical (unpaired) electrons. The summed E-state index contributed by atoms with van der Waals surface area (Å²) in [5, 5.41) is 0. The average molecular weight is 155 g/mol. The SMILES string of the molecule is C1CC[CH2][GaH][CH2]C1. The third-order valence-corrected chi connectivity index (χ3v) is 5.95. The van der Waals surface area contributed by atoms with Crippen LogP contribution in [0.2, 0.25) is 9.95 Å².